The maximum Gasteiger partial charge on any atom is 0.271 e. The van der Waals surface area contributed by atoms with Gasteiger partial charge in [-0.3, -0.25) is 9.52 Å². The number of amides is 1. The third-order valence-corrected chi connectivity index (χ3v) is 7.02. The molecule has 2 heterocycles. The largest absolute Gasteiger partial charge is 0.493 e. The summed E-state index contributed by atoms with van der Waals surface area (Å²) in [4.78, 5) is 12.0. The topological polar surface area (TPSA) is 120 Å². The maximum atomic E-state index is 12.7. The van der Waals surface area contributed by atoms with Crippen LogP contribution in [0.3, 0.4) is 0 Å². The van der Waals surface area contributed by atoms with E-state index in [2.05, 4.69) is 15.2 Å². The third-order valence-electron chi connectivity index (χ3n) is 4.09. The van der Waals surface area contributed by atoms with Gasteiger partial charge in [0.2, 0.25) is 5.91 Å². The summed E-state index contributed by atoms with van der Waals surface area (Å²) < 4.78 is 43.7. The molecule has 1 amide bonds. The fourth-order valence-electron chi connectivity index (χ4n) is 2.66. The van der Waals surface area contributed by atoms with Gasteiger partial charge in [-0.05, 0) is 43.3 Å². The highest BCUT2D eigenvalue weighted by atomic mass is 32.2. The minimum absolute atomic E-state index is 0.137. The van der Waals surface area contributed by atoms with Crippen molar-refractivity contribution in [2.45, 2.75) is 18.1 Å². The molecule has 0 saturated carbocycles. The molecule has 2 aromatic heterocycles. The van der Waals surface area contributed by atoms with Crippen LogP contribution in [0.15, 0.2) is 39.1 Å². The lowest BCUT2D eigenvalue weighted by molar-refractivity contribution is -0.114. The molecular weight excluding hydrogens is 442 g/mol. The van der Waals surface area contributed by atoms with Gasteiger partial charge in [0.1, 0.15) is 15.6 Å². The number of sulfonamides is 1. The van der Waals surface area contributed by atoms with Crippen LogP contribution < -0.4 is 19.5 Å². The van der Waals surface area contributed by atoms with E-state index in [1.54, 1.807) is 43.3 Å². The molecule has 0 fully saturated rings. The first-order chi connectivity index (χ1) is 14.7. The van der Waals surface area contributed by atoms with Gasteiger partial charge in [-0.25, -0.2) is 8.42 Å². The van der Waals surface area contributed by atoms with Gasteiger partial charge in [0.15, 0.2) is 17.3 Å². The molecule has 0 unspecified atom stereocenters. The summed E-state index contributed by atoms with van der Waals surface area (Å²) in [6.07, 6.45) is 3.31. The van der Waals surface area contributed by atoms with Gasteiger partial charge in [-0.1, -0.05) is 5.16 Å². The zero-order valence-electron chi connectivity index (χ0n) is 17.3. The van der Waals surface area contributed by atoms with Gasteiger partial charge in [-0.2, -0.15) is 0 Å². The summed E-state index contributed by atoms with van der Waals surface area (Å²) in [6.45, 7) is 3.10. The SMILES string of the molecule is COc1ccc(NS(=O)(=O)c2ccc(/C=C/c3onc(C)c3NC(C)=O)s2)cc1OC. The number of thiophene rings is 1. The van der Waals surface area contributed by atoms with Crippen molar-refractivity contribution in [3.63, 3.8) is 0 Å². The number of methoxy groups -OCH3 is 2. The Labute approximate surface area is 183 Å². The lowest BCUT2D eigenvalue weighted by Gasteiger charge is -2.11. The Kier molecular flexibility index (Phi) is 6.66. The van der Waals surface area contributed by atoms with Crippen LogP contribution in [0.4, 0.5) is 11.4 Å². The average molecular weight is 464 g/mol. The highest BCUT2D eigenvalue weighted by Crippen LogP contribution is 2.32. The molecule has 0 aliphatic rings. The molecule has 2 N–H and O–H groups in total. The van der Waals surface area contributed by atoms with E-state index in [-0.39, 0.29) is 10.1 Å². The summed E-state index contributed by atoms with van der Waals surface area (Å²) >= 11 is 1.08. The zero-order chi connectivity index (χ0) is 22.6. The molecule has 0 aliphatic heterocycles. The van der Waals surface area contributed by atoms with Crippen LogP contribution in [0.1, 0.15) is 23.3 Å². The van der Waals surface area contributed by atoms with Gasteiger partial charge in [-0.15, -0.1) is 11.3 Å². The molecule has 3 rings (SSSR count). The van der Waals surface area contributed by atoms with E-state index >= 15 is 0 Å². The van der Waals surface area contributed by atoms with Crippen molar-refractivity contribution < 1.29 is 27.2 Å². The summed E-state index contributed by atoms with van der Waals surface area (Å²) in [6, 6.07) is 7.93. The maximum absolute atomic E-state index is 12.7. The highest BCUT2D eigenvalue weighted by Gasteiger charge is 2.18. The normalized spacial score (nSPS) is 11.5. The van der Waals surface area contributed by atoms with Crippen LogP contribution in [0.5, 0.6) is 11.5 Å². The Hall–Kier alpha value is -3.31. The van der Waals surface area contributed by atoms with E-state index in [1.165, 1.54) is 27.2 Å². The number of anilines is 2. The summed E-state index contributed by atoms with van der Waals surface area (Å²) in [5.74, 6) is 1.03. The first-order valence-corrected chi connectivity index (χ1v) is 11.3. The molecule has 31 heavy (non-hydrogen) atoms. The van der Waals surface area contributed by atoms with Crippen LogP contribution in [-0.4, -0.2) is 33.7 Å². The van der Waals surface area contributed by atoms with Gasteiger partial charge >= 0.3 is 0 Å². The zero-order valence-corrected chi connectivity index (χ0v) is 18.9. The summed E-state index contributed by atoms with van der Waals surface area (Å²) in [5.41, 5.74) is 1.37. The molecule has 0 saturated heterocycles. The van der Waals surface area contributed by atoms with E-state index in [0.29, 0.717) is 39.2 Å². The van der Waals surface area contributed by atoms with Gasteiger partial charge < -0.3 is 19.3 Å². The molecule has 11 heteroatoms. The highest BCUT2D eigenvalue weighted by molar-refractivity contribution is 7.94. The van der Waals surface area contributed by atoms with Gasteiger partial charge in [0.05, 0.1) is 19.9 Å². The number of carbonyl (C=O) groups excluding carboxylic acids is 1. The molecule has 9 nitrogen and oxygen atoms in total. The fraction of sp³-hybridized carbons (Fsp3) is 0.200. The van der Waals surface area contributed by atoms with Crippen LogP contribution in [0, 0.1) is 6.92 Å². The number of aromatic nitrogens is 1. The molecule has 3 aromatic rings. The standard InChI is InChI=1S/C20H21N3O6S2/c1-12-20(21-13(2)24)17(29-22-12)9-6-15-7-10-19(30-15)31(25,26)23-14-5-8-16(27-3)18(11-14)28-4/h5-11,23H,1-4H3,(H,21,24)/b9-6+. The Morgan fingerprint density at radius 2 is 1.87 bits per heavy atom. The van der Waals surface area contributed by atoms with Crippen molar-refractivity contribution in [3.05, 3.63) is 46.7 Å². The second kappa shape index (κ2) is 9.23. The summed E-state index contributed by atoms with van der Waals surface area (Å²) in [5, 5.41) is 6.50. The summed E-state index contributed by atoms with van der Waals surface area (Å²) in [7, 11) is -0.819. The molecule has 164 valence electrons. The number of hydrogen-bond acceptors (Lipinski definition) is 8. The Morgan fingerprint density at radius 3 is 2.55 bits per heavy atom. The van der Waals surface area contributed by atoms with Crippen LogP contribution in [0.25, 0.3) is 12.2 Å². The lowest BCUT2D eigenvalue weighted by atomic mass is 10.2. The van der Waals surface area contributed by atoms with Crippen molar-refractivity contribution in [2.75, 3.05) is 24.3 Å². The number of rotatable bonds is 8. The number of ether oxygens (including phenoxy) is 2. The van der Waals surface area contributed by atoms with E-state index in [0.717, 1.165) is 11.3 Å². The van der Waals surface area contributed by atoms with E-state index in [1.807, 2.05) is 0 Å². The monoisotopic (exact) mass is 463 g/mol. The molecule has 0 radical (unpaired) electrons. The molecular formula is C20H21N3O6S2. The second-order valence-corrected chi connectivity index (χ2v) is 9.38. The Morgan fingerprint density at radius 1 is 1.13 bits per heavy atom. The first-order valence-electron chi connectivity index (χ1n) is 9.00. The average Bonchev–Trinajstić information content (AvgIpc) is 3.34. The smallest absolute Gasteiger partial charge is 0.271 e. The number of hydrogen-bond donors (Lipinski definition) is 2. The van der Waals surface area contributed by atoms with Crippen LogP contribution in [-0.2, 0) is 14.8 Å². The number of benzene rings is 1. The molecule has 0 aliphatic carbocycles. The quantitative estimate of drug-likeness (QED) is 0.518. The van der Waals surface area contributed by atoms with Crippen LogP contribution in [0.2, 0.25) is 0 Å². The number of carbonyl (C=O) groups is 1. The molecule has 0 bridgehead atoms. The predicted molar refractivity (Wildman–Crippen MR) is 119 cm³/mol. The van der Waals surface area contributed by atoms with E-state index in [9.17, 15) is 13.2 Å². The van der Waals surface area contributed by atoms with Crippen molar-refractivity contribution in [1.82, 2.24) is 5.16 Å². The molecule has 1 aromatic carbocycles. The number of nitrogens with one attached hydrogen (secondary N) is 2. The Balaban J connectivity index is 1.79. The van der Waals surface area contributed by atoms with Gasteiger partial charge in [0.25, 0.3) is 10.0 Å². The van der Waals surface area contributed by atoms with E-state index < -0.39 is 10.0 Å². The second-order valence-electron chi connectivity index (χ2n) is 6.35. The van der Waals surface area contributed by atoms with E-state index in [4.69, 9.17) is 14.0 Å². The molecule has 0 spiro atoms. The fourth-order valence-corrected chi connectivity index (χ4v) is 4.94. The van der Waals surface area contributed by atoms with Crippen molar-refractivity contribution in [2.24, 2.45) is 0 Å². The Bertz CT molecular complexity index is 1230. The van der Waals surface area contributed by atoms with Crippen molar-refractivity contribution in [3.8, 4) is 11.5 Å². The number of nitrogens with zero attached hydrogens (tertiary/aromatic N) is 1. The molecule has 0 atom stereocenters. The minimum Gasteiger partial charge on any atom is -0.493 e. The lowest BCUT2D eigenvalue weighted by Crippen LogP contribution is -2.11. The minimum atomic E-state index is -3.79. The first kappa shape index (κ1) is 22.4. The van der Waals surface area contributed by atoms with Gasteiger partial charge in [0, 0.05) is 17.9 Å². The van der Waals surface area contributed by atoms with Crippen molar-refractivity contribution in [1.29, 1.82) is 0 Å². The number of aryl methyl sites for hydroxylation is 1. The predicted octanol–water partition coefficient (Wildman–Crippen LogP) is 3.99. The third kappa shape index (κ3) is 5.25. The van der Waals surface area contributed by atoms with Crippen molar-refractivity contribution >= 4 is 50.8 Å². The van der Waals surface area contributed by atoms with Crippen LogP contribution >= 0.6 is 11.3 Å².